The van der Waals surface area contributed by atoms with Crippen molar-refractivity contribution < 1.29 is 0 Å². The third-order valence-corrected chi connectivity index (χ3v) is 2.10. The Hall–Kier alpha value is -0.930. The minimum Gasteiger partial charge on any atom is -0.398 e. The molecule has 0 unspecified atom stereocenters. The van der Waals surface area contributed by atoms with Gasteiger partial charge in [-0.15, -0.1) is 0 Å². The molecule has 1 heterocycles. The molecule has 0 atom stereocenters. The highest BCUT2D eigenvalue weighted by Crippen LogP contribution is 2.29. The van der Waals surface area contributed by atoms with Crippen molar-refractivity contribution in [2.45, 2.75) is 0 Å². The van der Waals surface area contributed by atoms with E-state index in [1.807, 2.05) is 0 Å². The van der Waals surface area contributed by atoms with Crippen molar-refractivity contribution in [1.82, 2.24) is 10.2 Å². The lowest BCUT2D eigenvalue weighted by Crippen LogP contribution is -1.85. The maximum atomic E-state index is 5.79. The van der Waals surface area contributed by atoms with Crippen LogP contribution < -0.4 is 5.73 Å². The molecule has 0 fully saturated rings. The number of fused-ring (bicyclic) bond motifs is 1. The van der Waals surface area contributed by atoms with Crippen LogP contribution in [0.15, 0.2) is 12.1 Å². The molecule has 3 nitrogen and oxygen atoms in total. The lowest BCUT2D eigenvalue weighted by atomic mass is 10.2. The molecule has 0 aliphatic heterocycles. The Morgan fingerprint density at radius 2 is 2.08 bits per heavy atom. The second-order valence-electron chi connectivity index (χ2n) is 2.43. The minimum absolute atomic E-state index is 0.444. The van der Waals surface area contributed by atoms with Gasteiger partial charge < -0.3 is 5.73 Å². The molecule has 0 aliphatic carbocycles. The quantitative estimate of drug-likeness (QED) is 0.644. The van der Waals surface area contributed by atoms with Gasteiger partial charge >= 0.3 is 0 Å². The second kappa shape index (κ2) is 2.54. The first-order chi connectivity index (χ1) is 5.68. The zero-order valence-electron chi connectivity index (χ0n) is 5.94. The average Bonchev–Trinajstić information content (AvgIpc) is 2.31. The van der Waals surface area contributed by atoms with Crippen molar-refractivity contribution in [2.75, 3.05) is 5.73 Å². The van der Waals surface area contributed by atoms with Gasteiger partial charge in [-0.1, -0.05) is 23.2 Å². The van der Waals surface area contributed by atoms with Gasteiger partial charge in [-0.2, -0.15) is 5.10 Å². The van der Waals surface area contributed by atoms with Crippen LogP contribution in [0.3, 0.4) is 0 Å². The van der Waals surface area contributed by atoms with E-state index in [0.717, 1.165) is 5.39 Å². The van der Waals surface area contributed by atoms with Gasteiger partial charge in [0.1, 0.15) is 5.15 Å². The number of nitrogens with two attached hydrogens (primary N) is 1. The standard InChI is InChI=1S/C7H5Cl2N3/c8-3-1-4(10)6-5(2-3)11-12-7(6)9/h1-2H,10H2,(H,11,12). The lowest BCUT2D eigenvalue weighted by molar-refractivity contribution is 1.12. The second-order valence-corrected chi connectivity index (χ2v) is 3.24. The topological polar surface area (TPSA) is 54.7 Å². The van der Waals surface area contributed by atoms with Crippen molar-refractivity contribution in [2.24, 2.45) is 0 Å². The lowest BCUT2D eigenvalue weighted by Gasteiger charge is -1.95. The van der Waals surface area contributed by atoms with E-state index in [0.29, 0.717) is 21.4 Å². The Bertz CT molecular complexity index is 435. The van der Waals surface area contributed by atoms with Gasteiger partial charge in [0.05, 0.1) is 10.9 Å². The fraction of sp³-hybridized carbons (Fsp3) is 0. The average molecular weight is 202 g/mol. The zero-order valence-corrected chi connectivity index (χ0v) is 7.45. The highest BCUT2D eigenvalue weighted by Gasteiger charge is 2.07. The van der Waals surface area contributed by atoms with Gasteiger partial charge in [0, 0.05) is 10.7 Å². The van der Waals surface area contributed by atoms with E-state index in [2.05, 4.69) is 10.2 Å². The number of nitrogen functional groups attached to an aromatic ring is 1. The number of rotatable bonds is 0. The number of hydrogen-bond acceptors (Lipinski definition) is 2. The summed E-state index contributed by atoms with van der Waals surface area (Å²) in [5.74, 6) is 0. The Balaban J connectivity index is 2.93. The highest BCUT2D eigenvalue weighted by molar-refractivity contribution is 6.36. The maximum Gasteiger partial charge on any atom is 0.134 e. The summed E-state index contributed by atoms with van der Waals surface area (Å²) in [4.78, 5) is 0. The molecule has 1 aromatic carbocycles. The Morgan fingerprint density at radius 1 is 1.33 bits per heavy atom. The van der Waals surface area contributed by atoms with Gasteiger partial charge in [0.25, 0.3) is 0 Å². The molecule has 0 radical (unpaired) electrons. The van der Waals surface area contributed by atoms with Crippen molar-refractivity contribution in [3.05, 3.63) is 22.3 Å². The molecular weight excluding hydrogens is 197 g/mol. The van der Waals surface area contributed by atoms with Crippen molar-refractivity contribution in [1.29, 1.82) is 0 Å². The predicted octanol–water partition coefficient (Wildman–Crippen LogP) is 2.45. The largest absolute Gasteiger partial charge is 0.398 e. The molecule has 0 saturated carbocycles. The van der Waals surface area contributed by atoms with Crippen LogP contribution in [0, 0.1) is 0 Å². The normalized spacial score (nSPS) is 10.8. The van der Waals surface area contributed by atoms with Gasteiger partial charge in [-0.05, 0) is 12.1 Å². The molecule has 3 N–H and O–H groups in total. The molecular formula is C7H5Cl2N3. The first kappa shape index (κ1) is 7.71. The van der Waals surface area contributed by atoms with Crippen molar-refractivity contribution in [3.63, 3.8) is 0 Å². The van der Waals surface area contributed by atoms with Crippen LogP contribution in [0.2, 0.25) is 10.2 Å². The summed E-state index contributed by atoms with van der Waals surface area (Å²) in [7, 11) is 0. The summed E-state index contributed by atoms with van der Waals surface area (Å²) in [5.41, 5.74) is 6.90. The Kier molecular flexibility index (Phi) is 1.63. The van der Waals surface area contributed by atoms with Gasteiger partial charge in [-0.3, -0.25) is 5.10 Å². The first-order valence-corrected chi connectivity index (χ1v) is 4.02. The van der Waals surface area contributed by atoms with E-state index in [-0.39, 0.29) is 0 Å². The van der Waals surface area contributed by atoms with E-state index in [1.54, 1.807) is 12.1 Å². The predicted molar refractivity (Wildman–Crippen MR) is 50.5 cm³/mol. The summed E-state index contributed by atoms with van der Waals surface area (Å²) in [6.07, 6.45) is 0. The van der Waals surface area contributed by atoms with Gasteiger partial charge in [0.15, 0.2) is 0 Å². The van der Waals surface area contributed by atoms with Crippen LogP contribution in [0.25, 0.3) is 10.9 Å². The van der Waals surface area contributed by atoms with E-state index in [9.17, 15) is 0 Å². The molecule has 2 rings (SSSR count). The minimum atomic E-state index is 0.444. The number of nitrogens with one attached hydrogen (secondary N) is 1. The van der Waals surface area contributed by atoms with Crippen LogP contribution in [0.1, 0.15) is 0 Å². The molecule has 5 heteroatoms. The third kappa shape index (κ3) is 1.02. The molecule has 12 heavy (non-hydrogen) atoms. The fourth-order valence-corrected chi connectivity index (χ4v) is 1.57. The van der Waals surface area contributed by atoms with Crippen molar-refractivity contribution >= 4 is 39.8 Å². The molecule has 0 aliphatic rings. The monoisotopic (exact) mass is 201 g/mol. The molecule has 0 bridgehead atoms. The first-order valence-electron chi connectivity index (χ1n) is 3.27. The molecule has 0 spiro atoms. The van der Waals surface area contributed by atoms with E-state index in [1.165, 1.54) is 0 Å². The number of anilines is 1. The van der Waals surface area contributed by atoms with Crippen LogP contribution in [0.4, 0.5) is 5.69 Å². The van der Waals surface area contributed by atoms with Gasteiger partial charge in [0.2, 0.25) is 0 Å². The van der Waals surface area contributed by atoms with Crippen LogP contribution in [-0.2, 0) is 0 Å². The summed E-state index contributed by atoms with van der Waals surface area (Å²) in [5, 5.41) is 8.27. The summed E-state index contributed by atoms with van der Waals surface area (Å²) in [6.45, 7) is 0. The molecule has 62 valence electrons. The Morgan fingerprint density at radius 3 is 2.83 bits per heavy atom. The number of hydrogen-bond donors (Lipinski definition) is 2. The molecule has 0 amide bonds. The number of H-pyrrole nitrogens is 1. The Labute approximate surface area is 78.5 Å². The number of benzene rings is 1. The summed E-state index contributed by atoms with van der Waals surface area (Å²) in [6, 6.07) is 3.35. The van der Waals surface area contributed by atoms with Gasteiger partial charge in [-0.25, -0.2) is 0 Å². The smallest absolute Gasteiger partial charge is 0.134 e. The van der Waals surface area contributed by atoms with Crippen LogP contribution in [-0.4, -0.2) is 10.2 Å². The highest BCUT2D eigenvalue weighted by atomic mass is 35.5. The summed E-state index contributed by atoms with van der Waals surface area (Å²) >= 11 is 11.5. The van der Waals surface area contributed by atoms with E-state index in [4.69, 9.17) is 28.9 Å². The molecule has 0 saturated heterocycles. The van der Waals surface area contributed by atoms with E-state index >= 15 is 0 Å². The third-order valence-electron chi connectivity index (χ3n) is 1.61. The maximum absolute atomic E-state index is 5.79. The number of aromatic amines is 1. The number of nitrogens with zero attached hydrogens (tertiary/aromatic N) is 1. The molecule has 2 aromatic rings. The van der Waals surface area contributed by atoms with Crippen LogP contribution in [0.5, 0.6) is 0 Å². The van der Waals surface area contributed by atoms with E-state index < -0.39 is 0 Å². The SMILES string of the molecule is Nc1cc(Cl)cc2n[nH]c(Cl)c12. The van der Waals surface area contributed by atoms with Crippen molar-refractivity contribution in [3.8, 4) is 0 Å². The number of halogens is 2. The van der Waals surface area contributed by atoms with Crippen LogP contribution >= 0.6 is 23.2 Å². The zero-order chi connectivity index (χ0) is 8.72. The summed E-state index contributed by atoms with van der Waals surface area (Å²) < 4.78 is 0. The fourth-order valence-electron chi connectivity index (χ4n) is 1.11. The molecule has 1 aromatic heterocycles. The number of aromatic nitrogens is 2.